The Bertz CT molecular complexity index is 388. The SMILES string of the molecule is CC.Cc1ccc2nc(C)[nH]c2c1. The summed E-state index contributed by atoms with van der Waals surface area (Å²) in [5, 5.41) is 0. The zero-order valence-electron chi connectivity index (χ0n) is 8.68. The highest BCUT2D eigenvalue weighted by atomic mass is 14.9. The van der Waals surface area contributed by atoms with Gasteiger partial charge in [-0.15, -0.1) is 0 Å². The molecule has 0 spiro atoms. The molecule has 0 saturated heterocycles. The summed E-state index contributed by atoms with van der Waals surface area (Å²) in [7, 11) is 0. The molecule has 1 aromatic heterocycles. The average Bonchev–Trinajstić information content (AvgIpc) is 2.48. The Balaban J connectivity index is 0.000000396. The molecule has 0 radical (unpaired) electrons. The van der Waals surface area contributed by atoms with Crippen molar-refractivity contribution in [3.05, 3.63) is 29.6 Å². The van der Waals surface area contributed by atoms with Crippen LogP contribution < -0.4 is 0 Å². The number of nitrogens with zero attached hydrogens (tertiary/aromatic N) is 1. The smallest absolute Gasteiger partial charge is 0.104 e. The predicted octanol–water partition coefficient (Wildman–Crippen LogP) is 3.21. The second-order valence-corrected chi connectivity index (χ2v) is 2.84. The fraction of sp³-hybridized carbons (Fsp3) is 0.364. The summed E-state index contributed by atoms with van der Waals surface area (Å²) in [6.07, 6.45) is 0. The van der Waals surface area contributed by atoms with E-state index in [2.05, 4.69) is 29.0 Å². The molecule has 0 bridgehead atoms. The Morgan fingerprint density at radius 1 is 1.15 bits per heavy atom. The first kappa shape index (κ1) is 9.78. The molecule has 0 fully saturated rings. The fourth-order valence-electron chi connectivity index (χ4n) is 1.25. The number of hydrogen-bond donors (Lipinski definition) is 1. The van der Waals surface area contributed by atoms with Crippen LogP contribution in [-0.4, -0.2) is 9.97 Å². The number of rotatable bonds is 0. The molecule has 0 unspecified atom stereocenters. The number of benzene rings is 1. The van der Waals surface area contributed by atoms with Gasteiger partial charge in [-0.25, -0.2) is 4.98 Å². The van der Waals surface area contributed by atoms with E-state index in [-0.39, 0.29) is 0 Å². The Hall–Kier alpha value is -1.31. The first-order valence-electron chi connectivity index (χ1n) is 4.69. The summed E-state index contributed by atoms with van der Waals surface area (Å²) < 4.78 is 0. The first-order valence-corrected chi connectivity index (χ1v) is 4.69. The third kappa shape index (κ3) is 2.08. The third-order valence-electron chi connectivity index (χ3n) is 1.76. The summed E-state index contributed by atoms with van der Waals surface area (Å²) in [4.78, 5) is 7.49. The molecular weight excluding hydrogens is 160 g/mol. The number of imidazole rings is 1. The Labute approximate surface area is 79.0 Å². The third-order valence-corrected chi connectivity index (χ3v) is 1.76. The van der Waals surface area contributed by atoms with E-state index in [9.17, 15) is 0 Å². The molecule has 2 rings (SSSR count). The standard InChI is InChI=1S/C9H10N2.C2H6/c1-6-3-4-8-9(5-6)11-7(2)10-8;1-2/h3-5H,1-2H3,(H,10,11);1-2H3. The lowest BCUT2D eigenvalue weighted by Gasteiger charge is -1.89. The minimum absolute atomic E-state index is 0.977. The lowest BCUT2D eigenvalue weighted by molar-refractivity contribution is 1.17. The lowest BCUT2D eigenvalue weighted by atomic mass is 10.2. The number of aromatic amines is 1. The average molecular weight is 176 g/mol. The monoisotopic (exact) mass is 176 g/mol. The molecule has 0 aliphatic heterocycles. The zero-order chi connectivity index (χ0) is 9.84. The van der Waals surface area contributed by atoms with Crippen LogP contribution >= 0.6 is 0 Å². The van der Waals surface area contributed by atoms with Gasteiger partial charge >= 0.3 is 0 Å². The van der Waals surface area contributed by atoms with Gasteiger partial charge in [-0.1, -0.05) is 19.9 Å². The summed E-state index contributed by atoms with van der Waals surface area (Å²) in [6, 6.07) is 6.21. The zero-order valence-corrected chi connectivity index (χ0v) is 8.68. The molecule has 0 amide bonds. The molecule has 2 aromatic rings. The maximum Gasteiger partial charge on any atom is 0.104 e. The van der Waals surface area contributed by atoms with E-state index in [1.165, 1.54) is 5.56 Å². The number of hydrogen-bond acceptors (Lipinski definition) is 1. The molecule has 1 heterocycles. The molecule has 13 heavy (non-hydrogen) atoms. The molecule has 2 nitrogen and oxygen atoms in total. The normalized spacial score (nSPS) is 9.54. The van der Waals surface area contributed by atoms with E-state index in [1.807, 2.05) is 26.8 Å². The maximum atomic E-state index is 4.30. The number of fused-ring (bicyclic) bond motifs is 1. The van der Waals surface area contributed by atoms with Crippen LogP contribution in [0.25, 0.3) is 11.0 Å². The highest BCUT2D eigenvalue weighted by molar-refractivity contribution is 5.75. The molecular formula is C11H16N2. The van der Waals surface area contributed by atoms with Crippen LogP contribution in [0.4, 0.5) is 0 Å². The van der Waals surface area contributed by atoms with E-state index >= 15 is 0 Å². The van der Waals surface area contributed by atoms with Crippen LogP contribution in [0.15, 0.2) is 18.2 Å². The molecule has 2 heteroatoms. The van der Waals surface area contributed by atoms with E-state index in [4.69, 9.17) is 0 Å². The summed E-state index contributed by atoms with van der Waals surface area (Å²) >= 11 is 0. The lowest BCUT2D eigenvalue weighted by Crippen LogP contribution is -1.71. The minimum atomic E-state index is 0.977. The second kappa shape index (κ2) is 4.08. The molecule has 0 atom stereocenters. The van der Waals surface area contributed by atoms with Gasteiger partial charge in [0.15, 0.2) is 0 Å². The van der Waals surface area contributed by atoms with Crippen LogP contribution in [0.1, 0.15) is 25.2 Å². The quantitative estimate of drug-likeness (QED) is 0.656. The maximum absolute atomic E-state index is 4.30. The van der Waals surface area contributed by atoms with Crippen LogP contribution in [-0.2, 0) is 0 Å². The van der Waals surface area contributed by atoms with Crippen molar-refractivity contribution >= 4 is 11.0 Å². The van der Waals surface area contributed by atoms with Crippen molar-refractivity contribution in [2.75, 3.05) is 0 Å². The fourth-order valence-corrected chi connectivity index (χ4v) is 1.25. The van der Waals surface area contributed by atoms with Crippen molar-refractivity contribution in [2.24, 2.45) is 0 Å². The van der Waals surface area contributed by atoms with Gasteiger partial charge in [0, 0.05) is 0 Å². The van der Waals surface area contributed by atoms with Crippen molar-refractivity contribution in [1.29, 1.82) is 0 Å². The molecule has 1 N–H and O–H groups in total. The summed E-state index contributed by atoms with van der Waals surface area (Å²) in [5.41, 5.74) is 3.44. The van der Waals surface area contributed by atoms with Crippen molar-refractivity contribution in [3.8, 4) is 0 Å². The van der Waals surface area contributed by atoms with E-state index < -0.39 is 0 Å². The largest absolute Gasteiger partial charge is 0.342 e. The minimum Gasteiger partial charge on any atom is -0.342 e. The number of aromatic nitrogens is 2. The van der Waals surface area contributed by atoms with E-state index in [0.717, 1.165) is 16.9 Å². The van der Waals surface area contributed by atoms with Crippen molar-refractivity contribution < 1.29 is 0 Å². The van der Waals surface area contributed by atoms with Crippen LogP contribution in [0.2, 0.25) is 0 Å². The second-order valence-electron chi connectivity index (χ2n) is 2.84. The molecule has 0 aliphatic carbocycles. The Morgan fingerprint density at radius 3 is 2.54 bits per heavy atom. The van der Waals surface area contributed by atoms with Gasteiger partial charge in [0.25, 0.3) is 0 Å². The van der Waals surface area contributed by atoms with Crippen LogP contribution in [0.5, 0.6) is 0 Å². The van der Waals surface area contributed by atoms with Gasteiger partial charge in [-0.05, 0) is 31.5 Å². The van der Waals surface area contributed by atoms with Gasteiger partial charge in [-0.3, -0.25) is 0 Å². The number of nitrogens with one attached hydrogen (secondary N) is 1. The molecule has 70 valence electrons. The molecule has 0 aliphatic rings. The molecule has 0 saturated carbocycles. The first-order chi connectivity index (χ1) is 6.25. The van der Waals surface area contributed by atoms with Gasteiger partial charge in [-0.2, -0.15) is 0 Å². The van der Waals surface area contributed by atoms with Crippen molar-refractivity contribution in [2.45, 2.75) is 27.7 Å². The Morgan fingerprint density at radius 2 is 1.85 bits per heavy atom. The van der Waals surface area contributed by atoms with Gasteiger partial charge in [0.05, 0.1) is 11.0 Å². The predicted molar refractivity (Wildman–Crippen MR) is 56.9 cm³/mol. The number of H-pyrrole nitrogens is 1. The highest BCUT2D eigenvalue weighted by Crippen LogP contribution is 2.12. The summed E-state index contributed by atoms with van der Waals surface area (Å²) in [6.45, 7) is 8.05. The van der Waals surface area contributed by atoms with Crippen molar-refractivity contribution in [1.82, 2.24) is 9.97 Å². The van der Waals surface area contributed by atoms with Gasteiger partial charge < -0.3 is 4.98 Å². The van der Waals surface area contributed by atoms with E-state index in [0.29, 0.717) is 0 Å². The Kier molecular flexibility index (Phi) is 3.07. The van der Waals surface area contributed by atoms with Crippen LogP contribution in [0.3, 0.4) is 0 Å². The van der Waals surface area contributed by atoms with E-state index in [1.54, 1.807) is 0 Å². The van der Waals surface area contributed by atoms with Gasteiger partial charge in [0.2, 0.25) is 0 Å². The molecule has 1 aromatic carbocycles. The number of aryl methyl sites for hydroxylation is 2. The summed E-state index contributed by atoms with van der Waals surface area (Å²) in [5.74, 6) is 0.977. The topological polar surface area (TPSA) is 28.7 Å². The highest BCUT2D eigenvalue weighted by Gasteiger charge is 1.96. The van der Waals surface area contributed by atoms with Crippen LogP contribution in [0, 0.1) is 13.8 Å². The van der Waals surface area contributed by atoms with Crippen molar-refractivity contribution in [3.63, 3.8) is 0 Å². The van der Waals surface area contributed by atoms with Gasteiger partial charge in [0.1, 0.15) is 5.82 Å².